The van der Waals surface area contributed by atoms with Crippen LogP contribution in [0.2, 0.25) is 0 Å². The summed E-state index contributed by atoms with van der Waals surface area (Å²) in [6.07, 6.45) is 26.6. The van der Waals surface area contributed by atoms with Gasteiger partial charge in [-0.25, -0.2) is 0 Å². The third kappa shape index (κ3) is 5.52. The fourth-order valence-corrected chi connectivity index (χ4v) is 9.51. The Hall–Kier alpha value is -3.10. The highest BCUT2D eigenvalue weighted by Crippen LogP contribution is 2.52. The van der Waals surface area contributed by atoms with Crippen molar-refractivity contribution in [3.05, 3.63) is 107 Å². The van der Waals surface area contributed by atoms with E-state index < -0.39 is 0 Å². The third-order valence-electron chi connectivity index (χ3n) is 11.8. The molecule has 2 aliphatic carbocycles. The van der Waals surface area contributed by atoms with Crippen molar-refractivity contribution in [2.45, 2.75) is 101 Å². The first-order chi connectivity index (χ1) is 22.0. The zero-order valence-corrected chi connectivity index (χ0v) is 28.2. The first-order valence-corrected chi connectivity index (χ1v) is 18.1. The summed E-state index contributed by atoms with van der Waals surface area (Å²) in [4.78, 5) is 2.42. The van der Waals surface area contributed by atoms with E-state index in [0.29, 0.717) is 0 Å². The van der Waals surface area contributed by atoms with Crippen LogP contribution in [0.4, 0.5) is 11.4 Å². The van der Waals surface area contributed by atoms with Crippen molar-refractivity contribution >= 4 is 39.5 Å². The maximum absolute atomic E-state index is 6.13. The second-order valence-corrected chi connectivity index (χ2v) is 14.7. The lowest BCUT2D eigenvalue weighted by atomic mass is 9.67. The van der Waals surface area contributed by atoms with Crippen LogP contribution < -0.4 is 4.90 Å². The monoisotopic (exact) mass is 617 g/mol. The lowest BCUT2D eigenvalue weighted by molar-refractivity contribution is -0.438. The van der Waals surface area contributed by atoms with E-state index in [1.807, 2.05) is 0 Å². The summed E-state index contributed by atoms with van der Waals surface area (Å²) in [5, 5.41) is 2.59. The average molecular weight is 618 g/mol. The number of likely N-dealkylation sites (N-methyl/N-ethyl adjacent to an activating group) is 1. The van der Waals surface area contributed by atoms with Gasteiger partial charge < -0.3 is 4.90 Å². The van der Waals surface area contributed by atoms with Crippen molar-refractivity contribution in [3.8, 4) is 0 Å². The van der Waals surface area contributed by atoms with Gasteiger partial charge in [0.15, 0.2) is 5.71 Å². The summed E-state index contributed by atoms with van der Waals surface area (Å²) in [7, 11) is 2.24. The van der Waals surface area contributed by atoms with E-state index in [1.165, 1.54) is 116 Å². The number of hydrogen-bond acceptors (Lipinski definition) is 1. The van der Waals surface area contributed by atoms with E-state index >= 15 is 0 Å². The van der Waals surface area contributed by atoms with Crippen molar-refractivity contribution in [1.82, 2.24) is 0 Å². The molecular formula is C42H50ClN2+. The van der Waals surface area contributed by atoms with Crippen LogP contribution >= 0.6 is 11.6 Å². The summed E-state index contributed by atoms with van der Waals surface area (Å²) in [6.45, 7) is 3.51. The molecule has 2 heterocycles. The molecule has 1 unspecified atom stereocenters. The number of hydrogen-bond donors (Lipinski definition) is 0. The van der Waals surface area contributed by atoms with E-state index in [2.05, 4.69) is 108 Å². The van der Waals surface area contributed by atoms with Crippen molar-refractivity contribution in [2.75, 3.05) is 18.5 Å². The van der Waals surface area contributed by atoms with Gasteiger partial charge in [-0.2, -0.15) is 4.58 Å². The van der Waals surface area contributed by atoms with Gasteiger partial charge in [-0.05, 0) is 73.1 Å². The molecule has 7 rings (SSSR count). The molecule has 0 radical (unpaired) electrons. The molecule has 1 spiro atoms. The van der Waals surface area contributed by atoms with Gasteiger partial charge in [0.2, 0.25) is 5.69 Å². The first-order valence-electron chi connectivity index (χ1n) is 17.7. The molecule has 2 nitrogen and oxygen atoms in total. The number of para-hydroxylation sites is 1. The zero-order chi connectivity index (χ0) is 30.9. The molecular weight excluding hydrogens is 568 g/mol. The minimum atomic E-state index is -0.157. The molecule has 3 heteroatoms. The third-order valence-corrected chi connectivity index (χ3v) is 12.0. The fraction of sp³-hybridized carbons (Fsp3) is 0.452. The number of rotatable bonds is 9. The molecule has 2 saturated carbocycles. The molecule has 0 amide bonds. The minimum Gasteiger partial charge on any atom is -0.347 e. The van der Waals surface area contributed by atoms with Crippen LogP contribution in [0, 0.1) is 5.92 Å². The molecule has 3 aromatic carbocycles. The van der Waals surface area contributed by atoms with Crippen LogP contribution in [0.25, 0.3) is 10.8 Å². The SMILES string of the molecule is CN1C(=CC=CC2=[N+](CCCCC3CCCC3)c3ccccc3C23CCCCC3)C(C)(CC=CCl)c2cc3ccccc3cc21. The number of fused-ring (bicyclic) bond motifs is 4. The molecule has 0 saturated heterocycles. The van der Waals surface area contributed by atoms with Crippen LogP contribution in [0.5, 0.6) is 0 Å². The molecule has 2 aliphatic heterocycles. The molecule has 4 aliphatic rings. The number of nitrogens with zero attached hydrogens (tertiary/aromatic N) is 2. The summed E-state index contributed by atoms with van der Waals surface area (Å²) in [5.74, 6) is 0.976. The second-order valence-electron chi connectivity index (χ2n) is 14.4. The molecule has 45 heavy (non-hydrogen) atoms. The van der Waals surface area contributed by atoms with Crippen molar-refractivity contribution in [2.24, 2.45) is 5.92 Å². The zero-order valence-electron chi connectivity index (χ0n) is 27.4. The predicted octanol–water partition coefficient (Wildman–Crippen LogP) is 11.5. The van der Waals surface area contributed by atoms with Crippen molar-refractivity contribution in [3.63, 3.8) is 0 Å². The molecule has 234 valence electrons. The lowest BCUT2D eigenvalue weighted by Gasteiger charge is -2.31. The van der Waals surface area contributed by atoms with Crippen LogP contribution in [-0.4, -0.2) is 23.9 Å². The first kappa shape index (κ1) is 30.5. The van der Waals surface area contributed by atoms with Crippen LogP contribution in [0.3, 0.4) is 0 Å². The molecule has 0 N–H and O–H groups in total. The number of anilines is 1. The van der Waals surface area contributed by atoms with Gasteiger partial charge in [0.1, 0.15) is 6.54 Å². The quantitative estimate of drug-likeness (QED) is 0.171. The predicted molar refractivity (Wildman–Crippen MR) is 193 cm³/mol. The molecule has 0 bridgehead atoms. The lowest BCUT2D eigenvalue weighted by Crippen LogP contribution is -2.36. The van der Waals surface area contributed by atoms with E-state index in [-0.39, 0.29) is 10.8 Å². The van der Waals surface area contributed by atoms with Crippen molar-refractivity contribution in [1.29, 1.82) is 0 Å². The highest BCUT2D eigenvalue weighted by molar-refractivity contribution is 6.25. The summed E-state index contributed by atoms with van der Waals surface area (Å²) < 4.78 is 2.72. The topological polar surface area (TPSA) is 6.25 Å². The Bertz CT molecular complexity index is 1660. The van der Waals surface area contributed by atoms with Gasteiger partial charge in [0.05, 0.1) is 5.41 Å². The number of unbranched alkanes of at least 4 members (excludes halogenated alkanes) is 1. The summed E-state index contributed by atoms with van der Waals surface area (Å²) >= 11 is 6.13. The van der Waals surface area contributed by atoms with E-state index in [0.717, 1.165) is 18.9 Å². The normalized spacial score (nSPS) is 23.9. The van der Waals surface area contributed by atoms with E-state index in [4.69, 9.17) is 11.6 Å². The van der Waals surface area contributed by atoms with Crippen LogP contribution in [0.15, 0.2) is 96.2 Å². The van der Waals surface area contributed by atoms with Gasteiger partial charge >= 0.3 is 0 Å². The summed E-state index contributed by atoms with van der Waals surface area (Å²) in [5.41, 5.74) is 10.2. The Morgan fingerprint density at radius 1 is 0.889 bits per heavy atom. The fourth-order valence-electron chi connectivity index (χ4n) is 9.42. The maximum Gasteiger partial charge on any atom is 0.209 e. The van der Waals surface area contributed by atoms with Gasteiger partial charge in [-0.15, -0.1) is 0 Å². The Morgan fingerprint density at radius 2 is 1.62 bits per heavy atom. The Kier molecular flexibility index (Phi) is 8.79. The molecule has 3 aromatic rings. The molecule has 2 fully saturated rings. The standard InChI is InChI=1S/C42H50ClN2/c1-41(25-15-28-43)36-30-33-19-6-7-20-34(33)31-38(36)44(2)39(41)23-14-24-40-42(26-11-3-12-27-42)35-21-8-9-22-37(35)45(40)29-13-10-18-32-16-4-5-17-32/h6-9,14-15,19-24,28,30-32H,3-5,10-13,16-18,25-27,29H2,1-2H3/q+1. The number of benzene rings is 3. The van der Waals surface area contributed by atoms with Gasteiger partial charge in [-0.3, -0.25) is 0 Å². The highest BCUT2D eigenvalue weighted by atomic mass is 35.5. The molecule has 1 atom stereocenters. The van der Waals surface area contributed by atoms with Gasteiger partial charge in [0.25, 0.3) is 0 Å². The summed E-state index contributed by atoms with van der Waals surface area (Å²) in [6, 6.07) is 22.9. The van der Waals surface area contributed by atoms with E-state index in [9.17, 15) is 0 Å². The Labute approximate surface area is 276 Å². The second kappa shape index (κ2) is 13.0. The van der Waals surface area contributed by atoms with Crippen molar-refractivity contribution < 1.29 is 4.58 Å². The van der Waals surface area contributed by atoms with Gasteiger partial charge in [0, 0.05) is 53.5 Å². The largest absolute Gasteiger partial charge is 0.347 e. The Morgan fingerprint density at radius 3 is 2.40 bits per heavy atom. The maximum atomic E-state index is 6.13. The Balaban J connectivity index is 1.26. The average Bonchev–Trinajstić information content (AvgIpc) is 3.73. The smallest absolute Gasteiger partial charge is 0.209 e. The van der Waals surface area contributed by atoms with Crippen LogP contribution in [-0.2, 0) is 10.8 Å². The van der Waals surface area contributed by atoms with Crippen LogP contribution in [0.1, 0.15) is 102 Å². The van der Waals surface area contributed by atoms with Gasteiger partial charge in [-0.1, -0.05) is 118 Å². The minimum absolute atomic E-state index is 0.141. The molecule has 0 aromatic heterocycles. The number of allylic oxidation sites excluding steroid dienone is 5. The van der Waals surface area contributed by atoms with E-state index in [1.54, 1.807) is 11.1 Å². The highest BCUT2D eigenvalue weighted by Gasteiger charge is 2.51. The number of halogens is 1.